The lowest BCUT2D eigenvalue weighted by Crippen LogP contribution is -2.00. The van der Waals surface area contributed by atoms with Crippen molar-refractivity contribution >= 4 is 21.2 Å². The van der Waals surface area contributed by atoms with Crippen LogP contribution in [0, 0.1) is 5.82 Å². The normalized spacial score (nSPS) is 11.4. The Hall–Kier alpha value is -3.03. The van der Waals surface area contributed by atoms with E-state index in [1.165, 1.54) is 29.7 Å². The van der Waals surface area contributed by atoms with Crippen molar-refractivity contribution in [1.82, 2.24) is 4.98 Å². The number of nitrogens with zero attached hydrogens (tertiary/aromatic N) is 1. The standard InChI is InChI=1S/C23H18FNO3S2/c1-30(26,27)20-10-6-5-9-19(20)22-23(16-11-13-17(24)14-12-16)29-21(25-22)15-28-18-7-3-2-4-8-18/h2-14H,15H2,1H3. The van der Waals surface area contributed by atoms with Gasteiger partial charge in [-0.15, -0.1) is 11.3 Å². The van der Waals surface area contributed by atoms with Crippen molar-refractivity contribution in [2.75, 3.05) is 6.26 Å². The SMILES string of the molecule is CS(=O)(=O)c1ccccc1-c1nc(COc2ccccc2)sc1-c1ccc(F)cc1. The van der Waals surface area contributed by atoms with Gasteiger partial charge in [-0.25, -0.2) is 17.8 Å². The predicted octanol–water partition coefficient (Wildman–Crippen LogP) is 5.60. The molecule has 3 aromatic carbocycles. The molecule has 0 aliphatic heterocycles. The van der Waals surface area contributed by atoms with E-state index in [0.29, 0.717) is 22.0 Å². The molecule has 7 heteroatoms. The summed E-state index contributed by atoms with van der Waals surface area (Å²) in [6.45, 7) is 0.240. The maximum atomic E-state index is 13.4. The number of aromatic nitrogens is 1. The number of benzene rings is 3. The van der Waals surface area contributed by atoms with Gasteiger partial charge in [-0.05, 0) is 35.9 Å². The lowest BCUT2D eigenvalue weighted by Gasteiger charge is -2.08. The van der Waals surface area contributed by atoms with Crippen LogP contribution in [0.5, 0.6) is 5.75 Å². The molecule has 0 fully saturated rings. The maximum absolute atomic E-state index is 13.4. The van der Waals surface area contributed by atoms with Crippen LogP contribution in [0.15, 0.2) is 83.8 Å². The Kier molecular flexibility index (Phi) is 5.65. The molecule has 0 N–H and O–H groups in total. The number of ether oxygens (including phenoxy) is 1. The summed E-state index contributed by atoms with van der Waals surface area (Å²) < 4.78 is 43.9. The highest BCUT2D eigenvalue weighted by atomic mass is 32.2. The second-order valence-electron chi connectivity index (χ2n) is 6.66. The van der Waals surface area contributed by atoms with Crippen LogP contribution >= 0.6 is 11.3 Å². The zero-order valence-electron chi connectivity index (χ0n) is 16.1. The summed E-state index contributed by atoms with van der Waals surface area (Å²) in [5.41, 5.74) is 1.82. The van der Waals surface area contributed by atoms with Gasteiger partial charge in [0, 0.05) is 11.8 Å². The van der Waals surface area contributed by atoms with E-state index in [2.05, 4.69) is 0 Å². The van der Waals surface area contributed by atoms with Crippen molar-refractivity contribution in [3.63, 3.8) is 0 Å². The summed E-state index contributed by atoms with van der Waals surface area (Å²) in [5, 5.41) is 0.691. The van der Waals surface area contributed by atoms with Crippen LogP contribution in [0.4, 0.5) is 4.39 Å². The van der Waals surface area contributed by atoms with Gasteiger partial charge in [0.2, 0.25) is 0 Å². The molecule has 30 heavy (non-hydrogen) atoms. The van der Waals surface area contributed by atoms with Crippen LogP contribution in [0.2, 0.25) is 0 Å². The Morgan fingerprint density at radius 1 is 0.933 bits per heavy atom. The molecule has 1 aromatic heterocycles. The lowest BCUT2D eigenvalue weighted by molar-refractivity contribution is 0.305. The predicted molar refractivity (Wildman–Crippen MR) is 117 cm³/mol. The first-order valence-electron chi connectivity index (χ1n) is 9.15. The molecule has 0 amide bonds. The Morgan fingerprint density at radius 2 is 1.60 bits per heavy atom. The van der Waals surface area contributed by atoms with Gasteiger partial charge in [0.25, 0.3) is 0 Å². The molecule has 0 saturated heterocycles. The second kappa shape index (κ2) is 8.38. The smallest absolute Gasteiger partial charge is 0.176 e. The van der Waals surface area contributed by atoms with Crippen molar-refractivity contribution in [1.29, 1.82) is 0 Å². The molecule has 4 rings (SSSR count). The number of para-hydroxylation sites is 1. The summed E-state index contributed by atoms with van der Waals surface area (Å²) in [7, 11) is -3.46. The van der Waals surface area contributed by atoms with Gasteiger partial charge < -0.3 is 4.74 Å². The van der Waals surface area contributed by atoms with Crippen LogP contribution in [-0.2, 0) is 16.4 Å². The van der Waals surface area contributed by atoms with E-state index in [1.54, 1.807) is 36.4 Å². The van der Waals surface area contributed by atoms with E-state index in [0.717, 1.165) is 10.4 Å². The Balaban J connectivity index is 1.81. The Bertz CT molecular complexity index is 1270. The first-order chi connectivity index (χ1) is 14.4. The largest absolute Gasteiger partial charge is 0.486 e. The molecule has 0 atom stereocenters. The van der Waals surface area contributed by atoms with E-state index >= 15 is 0 Å². The first-order valence-corrected chi connectivity index (χ1v) is 11.9. The average Bonchev–Trinajstić information content (AvgIpc) is 3.17. The van der Waals surface area contributed by atoms with Crippen molar-refractivity contribution in [2.45, 2.75) is 11.5 Å². The maximum Gasteiger partial charge on any atom is 0.176 e. The van der Waals surface area contributed by atoms with Gasteiger partial charge >= 0.3 is 0 Å². The molecule has 4 nitrogen and oxygen atoms in total. The molecule has 0 radical (unpaired) electrons. The van der Waals surface area contributed by atoms with Gasteiger partial charge in [0.05, 0.1) is 15.5 Å². The Labute approximate surface area is 178 Å². The Morgan fingerprint density at radius 3 is 2.30 bits per heavy atom. The second-order valence-corrected chi connectivity index (χ2v) is 9.73. The van der Waals surface area contributed by atoms with Crippen molar-refractivity contribution in [3.8, 4) is 27.4 Å². The lowest BCUT2D eigenvalue weighted by atomic mass is 10.1. The fraction of sp³-hybridized carbons (Fsp3) is 0.0870. The van der Waals surface area contributed by atoms with E-state index in [1.807, 2.05) is 30.3 Å². The fourth-order valence-corrected chi connectivity index (χ4v) is 4.94. The highest BCUT2D eigenvalue weighted by molar-refractivity contribution is 7.90. The number of hydrogen-bond acceptors (Lipinski definition) is 5. The van der Waals surface area contributed by atoms with Crippen LogP contribution < -0.4 is 4.74 Å². The highest BCUT2D eigenvalue weighted by Crippen LogP contribution is 2.39. The van der Waals surface area contributed by atoms with Crippen LogP contribution in [-0.4, -0.2) is 19.7 Å². The third-order valence-electron chi connectivity index (χ3n) is 4.43. The summed E-state index contributed by atoms with van der Waals surface area (Å²) in [5.74, 6) is 0.378. The van der Waals surface area contributed by atoms with Crippen molar-refractivity contribution < 1.29 is 17.5 Å². The van der Waals surface area contributed by atoms with Gasteiger partial charge in [-0.3, -0.25) is 0 Å². The minimum absolute atomic E-state index is 0.203. The molecule has 0 unspecified atom stereocenters. The minimum Gasteiger partial charge on any atom is -0.486 e. The summed E-state index contributed by atoms with van der Waals surface area (Å²) >= 11 is 1.40. The molecule has 152 valence electrons. The monoisotopic (exact) mass is 439 g/mol. The molecule has 0 aliphatic carbocycles. The fourth-order valence-electron chi connectivity index (χ4n) is 3.05. The van der Waals surface area contributed by atoms with Crippen LogP contribution in [0.25, 0.3) is 21.7 Å². The zero-order valence-corrected chi connectivity index (χ0v) is 17.7. The van der Waals surface area contributed by atoms with Gasteiger partial charge in [0.15, 0.2) is 9.84 Å². The highest BCUT2D eigenvalue weighted by Gasteiger charge is 2.21. The first kappa shape index (κ1) is 20.3. The number of rotatable bonds is 6. The zero-order chi connectivity index (χ0) is 21.1. The van der Waals surface area contributed by atoms with E-state index < -0.39 is 9.84 Å². The molecule has 1 heterocycles. The summed E-state index contributed by atoms with van der Waals surface area (Å²) in [6.07, 6.45) is 1.18. The minimum atomic E-state index is -3.46. The third-order valence-corrected chi connectivity index (χ3v) is 6.66. The van der Waals surface area contributed by atoms with E-state index in [9.17, 15) is 12.8 Å². The van der Waals surface area contributed by atoms with E-state index in [4.69, 9.17) is 9.72 Å². The van der Waals surface area contributed by atoms with Gasteiger partial charge in [-0.2, -0.15) is 0 Å². The molecule has 0 aliphatic rings. The number of thiazole rings is 1. The van der Waals surface area contributed by atoms with Crippen molar-refractivity contribution in [3.05, 3.63) is 89.7 Å². The number of hydrogen-bond donors (Lipinski definition) is 0. The molecule has 0 saturated carbocycles. The number of halogens is 1. The van der Waals surface area contributed by atoms with E-state index in [-0.39, 0.29) is 17.3 Å². The van der Waals surface area contributed by atoms with Gasteiger partial charge in [-0.1, -0.05) is 48.5 Å². The molecular weight excluding hydrogens is 421 g/mol. The summed E-state index contributed by atoms with van der Waals surface area (Å²) in [4.78, 5) is 5.67. The number of sulfone groups is 1. The molecular formula is C23H18FNO3S2. The summed E-state index contributed by atoms with van der Waals surface area (Å²) in [6, 6.07) is 22.2. The quantitative estimate of drug-likeness (QED) is 0.392. The van der Waals surface area contributed by atoms with Crippen LogP contribution in [0.3, 0.4) is 0 Å². The average molecular weight is 440 g/mol. The topological polar surface area (TPSA) is 56.3 Å². The molecule has 0 bridgehead atoms. The van der Waals surface area contributed by atoms with Gasteiger partial charge in [0.1, 0.15) is 23.2 Å². The van der Waals surface area contributed by atoms with Crippen LogP contribution in [0.1, 0.15) is 5.01 Å². The molecule has 0 spiro atoms. The third kappa shape index (κ3) is 4.42. The van der Waals surface area contributed by atoms with Crippen molar-refractivity contribution in [2.24, 2.45) is 0 Å². The molecule has 4 aromatic rings.